The number of piperidine rings is 1. The molecule has 2 aromatic rings. The fourth-order valence-corrected chi connectivity index (χ4v) is 3.01. The van der Waals surface area contributed by atoms with Gasteiger partial charge in [0.2, 0.25) is 0 Å². The van der Waals surface area contributed by atoms with Crippen molar-refractivity contribution in [2.45, 2.75) is 25.8 Å². The van der Waals surface area contributed by atoms with Gasteiger partial charge in [0, 0.05) is 24.8 Å². The number of amides is 1. The Morgan fingerprint density at radius 3 is 2.62 bits per heavy atom. The molecule has 1 amide bonds. The van der Waals surface area contributed by atoms with Gasteiger partial charge in [-0.3, -0.25) is 4.79 Å². The van der Waals surface area contributed by atoms with Crippen molar-refractivity contribution in [3.63, 3.8) is 0 Å². The quantitative estimate of drug-likeness (QED) is 0.857. The molecule has 0 aliphatic carbocycles. The van der Waals surface area contributed by atoms with Crippen LogP contribution in [-0.4, -0.2) is 43.2 Å². The fraction of sp³-hybridized carbons (Fsp3) is 0.421. The van der Waals surface area contributed by atoms with Crippen LogP contribution in [-0.2, 0) is 6.54 Å². The normalized spacial score (nSPS) is 14.0. The summed E-state index contributed by atoms with van der Waals surface area (Å²) in [6.07, 6.45) is 5.40. The SMILES string of the molecule is COc1ccc(C(=O)NCc2nccc(N3CCCCC3)n2)cc1OC. The molecule has 0 radical (unpaired) electrons. The Bertz CT molecular complexity index is 760. The number of anilines is 1. The van der Waals surface area contributed by atoms with Gasteiger partial charge in [-0.1, -0.05) is 0 Å². The largest absolute Gasteiger partial charge is 0.493 e. The number of benzene rings is 1. The zero-order valence-electron chi connectivity index (χ0n) is 15.2. The molecular weight excluding hydrogens is 332 g/mol. The van der Waals surface area contributed by atoms with Crippen molar-refractivity contribution >= 4 is 11.7 Å². The Balaban J connectivity index is 1.64. The molecule has 0 spiro atoms. The Morgan fingerprint density at radius 2 is 1.88 bits per heavy atom. The molecule has 1 N–H and O–H groups in total. The molecular formula is C19H24N4O3. The molecule has 3 rings (SSSR count). The van der Waals surface area contributed by atoms with Crippen molar-refractivity contribution < 1.29 is 14.3 Å². The number of carbonyl (C=O) groups is 1. The van der Waals surface area contributed by atoms with Crippen LogP contribution in [0.2, 0.25) is 0 Å². The van der Waals surface area contributed by atoms with Crippen molar-refractivity contribution in [3.8, 4) is 11.5 Å². The zero-order valence-corrected chi connectivity index (χ0v) is 15.2. The summed E-state index contributed by atoms with van der Waals surface area (Å²) >= 11 is 0. The first-order valence-corrected chi connectivity index (χ1v) is 8.78. The summed E-state index contributed by atoms with van der Waals surface area (Å²) in [6, 6.07) is 6.98. The number of carbonyl (C=O) groups excluding carboxylic acids is 1. The van der Waals surface area contributed by atoms with Crippen molar-refractivity contribution in [3.05, 3.63) is 41.9 Å². The highest BCUT2D eigenvalue weighted by molar-refractivity contribution is 5.94. The lowest BCUT2D eigenvalue weighted by Gasteiger charge is -2.27. The smallest absolute Gasteiger partial charge is 0.251 e. The third kappa shape index (κ3) is 4.22. The van der Waals surface area contributed by atoms with Crippen molar-refractivity contribution in [2.75, 3.05) is 32.2 Å². The summed E-state index contributed by atoms with van der Waals surface area (Å²) in [5, 5.41) is 2.86. The first kappa shape index (κ1) is 18.0. The first-order valence-electron chi connectivity index (χ1n) is 8.78. The number of hydrogen-bond acceptors (Lipinski definition) is 6. The van der Waals surface area contributed by atoms with Gasteiger partial charge in [0.25, 0.3) is 5.91 Å². The Morgan fingerprint density at radius 1 is 1.12 bits per heavy atom. The van der Waals surface area contributed by atoms with E-state index in [1.165, 1.54) is 19.3 Å². The molecule has 1 aromatic heterocycles. The molecule has 138 valence electrons. The van der Waals surface area contributed by atoms with Crippen LogP contribution in [0.1, 0.15) is 35.4 Å². The van der Waals surface area contributed by atoms with Gasteiger partial charge < -0.3 is 19.7 Å². The van der Waals surface area contributed by atoms with E-state index >= 15 is 0 Å². The molecule has 7 nitrogen and oxygen atoms in total. The minimum absolute atomic E-state index is 0.210. The maximum Gasteiger partial charge on any atom is 0.251 e. The van der Waals surface area contributed by atoms with Crippen molar-refractivity contribution in [1.29, 1.82) is 0 Å². The van der Waals surface area contributed by atoms with Crippen LogP contribution in [0.5, 0.6) is 11.5 Å². The third-order valence-corrected chi connectivity index (χ3v) is 4.42. The van der Waals surface area contributed by atoms with E-state index in [-0.39, 0.29) is 12.5 Å². The Kier molecular flexibility index (Phi) is 5.88. The fourth-order valence-electron chi connectivity index (χ4n) is 3.01. The van der Waals surface area contributed by atoms with E-state index in [1.54, 1.807) is 38.6 Å². The molecule has 1 aromatic carbocycles. The molecule has 1 aliphatic heterocycles. The number of nitrogens with one attached hydrogen (secondary N) is 1. The van der Waals surface area contributed by atoms with Gasteiger partial charge in [-0.05, 0) is 43.5 Å². The summed E-state index contributed by atoms with van der Waals surface area (Å²) in [5.41, 5.74) is 0.495. The number of methoxy groups -OCH3 is 2. The van der Waals surface area contributed by atoms with Crippen LogP contribution < -0.4 is 19.7 Å². The summed E-state index contributed by atoms with van der Waals surface area (Å²) in [7, 11) is 3.10. The van der Waals surface area contributed by atoms with Crippen molar-refractivity contribution in [1.82, 2.24) is 15.3 Å². The molecule has 0 unspecified atom stereocenters. The summed E-state index contributed by atoms with van der Waals surface area (Å²) < 4.78 is 10.4. The molecule has 0 atom stereocenters. The summed E-state index contributed by atoms with van der Waals surface area (Å²) in [5.74, 6) is 2.42. The van der Waals surface area contributed by atoms with E-state index in [2.05, 4.69) is 20.2 Å². The highest BCUT2D eigenvalue weighted by atomic mass is 16.5. The predicted molar refractivity (Wildman–Crippen MR) is 98.8 cm³/mol. The minimum atomic E-state index is -0.210. The van der Waals surface area contributed by atoms with Gasteiger partial charge in [0.05, 0.1) is 20.8 Å². The highest BCUT2D eigenvalue weighted by Crippen LogP contribution is 2.27. The number of hydrogen-bond donors (Lipinski definition) is 1. The monoisotopic (exact) mass is 356 g/mol. The first-order chi connectivity index (χ1) is 12.7. The molecule has 1 fully saturated rings. The second-order valence-corrected chi connectivity index (χ2v) is 6.13. The van der Waals surface area contributed by atoms with Crippen LogP contribution in [0.3, 0.4) is 0 Å². The van der Waals surface area contributed by atoms with Gasteiger partial charge in [0.15, 0.2) is 11.5 Å². The Hall–Kier alpha value is -2.83. The summed E-state index contributed by atoms with van der Waals surface area (Å²) in [4.78, 5) is 23.5. The van der Waals surface area contributed by atoms with Gasteiger partial charge >= 0.3 is 0 Å². The van der Waals surface area contributed by atoms with E-state index in [0.717, 1.165) is 18.9 Å². The molecule has 0 bridgehead atoms. The number of rotatable bonds is 6. The Labute approximate surface area is 153 Å². The maximum atomic E-state index is 12.4. The highest BCUT2D eigenvalue weighted by Gasteiger charge is 2.14. The van der Waals surface area contributed by atoms with Gasteiger partial charge in [0.1, 0.15) is 11.6 Å². The van der Waals surface area contributed by atoms with E-state index in [4.69, 9.17) is 9.47 Å². The number of ether oxygens (including phenoxy) is 2. The topological polar surface area (TPSA) is 76.6 Å². The lowest BCUT2D eigenvalue weighted by atomic mass is 10.1. The minimum Gasteiger partial charge on any atom is -0.493 e. The van der Waals surface area contributed by atoms with E-state index in [1.807, 2.05) is 6.07 Å². The molecule has 0 saturated carbocycles. The lowest BCUT2D eigenvalue weighted by Crippen LogP contribution is -2.31. The lowest BCUT2D eigenvalue weighted by molar-refractivity contribution is 0.0949. The van der Waals surface area contributed by atoms with E-state index in [0.29, 0.717) is 22.9 Å². The third-order valence-electron chi connectivity index (χ3n) is 4.42. The second kappa shape index (κ2) is 8.51. The standard InChI is InChI=1S/C19H24N4O3/c1-25-15-7-6-14(12-16(15)26-2)19(24)21-13-17-20-9-8-18(22-17)23-10-4-3-5-11-23/h6-9,12H,3-5,10-11,13H2,1-2H3,(H,21,24). The van der Waals surface area contributed by atoms with E-state index < -0.39 is 0 Å². The van der Waals surface area contributed by atoms with Crippen molar-refractivity contribution in [2.24, 2.45) is 0 Å². The number of aromatic nitrogens is 2. The van der Waals surface area contributed by atoms with Gasteiger partial charge in [-0.2, -0.15) is 0 Å². The second-order valence-electron chi connectivity index (χ2n) is 6.13. The summed E-state index contributed by atoms with van der Waals surface area (Å²) in [6.45, 7) is 2.32. The molecule has 1 saturated heterocycles. The molecule has 7 heteroatoms. The molecule has 1 aliphatic rings. The van der Waals surface area contributed by atoms with Gasteiger partial charge in [-0.15, -0.1) is 0 Å². The van der Waals surface area contributed by atoms with Gasteiger partial charge in [-0.25, -0.2) is 9.97 Å². The molecule has 26 heavy (non-hydrogen) atoms. The molecule has 2 heterocycles. The van der Waals surface area contributed by atoms with Crippen LogP contribution >= 0.6 is 0 Å². The van der Waals surface area contributed by atoms with Crippen LogP contribution in [0.4, 0.5) is 5.82 Å². The average Bonchev–Trinajstić information content (AvgIpc) is 2.72. The number of nitrogens with zero attached hydrogens (tertiary/aromatic N) is 3. The van der Waals surface area contributed by atoms with Crippen LogP contribution in [0.15, 0.2) is 30.5 Å². The van der Waals surface area contributed by atoms with Crippen LogP contribution in [0, 0.1) is 0 Å². The maximum absolute atomic E-state index is 12.4. The zero-order chi connectivity index (χ0) is 18.4. The average molecular weight is 356 g/mol. The predicted octanol–water partition coefficient (Wildman–Crippen LogP) is 2.41. The van der Waals surface area contributed by atoms with E-state index in [9.17, 15) is 4.79 Å². The van der Waals surface area contributed by atoms with Crippen LogP contribution in [0.25, 0.3) is 0 Å².